The molecular weight excluding hydrogens is 360 g/mol. The largest absolute Gasteiger partial charge is 0.334 e. The van der Waals surface area contributed by atoms with Crippen molar-refractivity contribution in [3.05, 3.63) is 70.7 Å². The van der Waals surface area contributed by atoms with Gasteiger partial charge in [-0.1, -0.05) is 54.1 Å². The van der Waals surface area contributed by atoms with Crippen molar-refractivity contribution >= 4 is 23.4 Å². The molecule has 0 saturated heterocycles. The molecule has 144 valence electrons. The quantitative estimate of drug-likeness (QED) is 0.683. The van der Waals surface area contributed by atoms with Gasteiger partial charge in [0.25, 0.3) is 0 Å². The zero-order chi connectivity index (χ0) is 19.8. The molecule has 0 saturated carbocycles. The lowest BCUT2D eigenvalue weighted by atomic mass is 10.1. The first-order valence-corrected chi connectivity index (χ1v) is 9.58. The molecule has 2 amide bonds. The number of halogens is 1. The number of benzene rings is 2. The monoisotopic (exact) mass is 386 g/mol. The van der Waals surface area contributed by atoms with Gasteiger partial charge in [-0.15, -0.1) is 0 Å². The van der Waals surface area contributed by atoms with E-state index >= 15 is 0 Å². The van der Waals surface area contributed by atoms with E-state index in [1.807, 2.05) is 73.3 Å². The Balaban J connectivity index is 2.00. The van der Waals surface area contributed by atoms with Gasteiger partial charge in [0.15, 0.2) is 0 Å². The molecule has 0 radical (unpaired) electrons. The van der Waals surface area contributed by atoms with Gasteiger partial charge in [-0.25, -0.2) is 0 Å². The van der Waals surface area contributed by atoms with Crippen molar-refractivity contribution in [1.29, 1.82) is 0 Å². The summed E-state index contributed by atoms with van der Waals surface area (Å²) in [5, 5.41) is 0.686. The molecule has 0 heterocycles. The lowest BCUT2D eigenvalue weighted by Gasteiger charge is -2.30. The van der Waals surface area contributed by atoms with E-state index < -0.39 is 0 Å². The second-order valence-electron chi connectivity index (χ2n) is 6.92. The third kappa shape index (κ3) is 6.72. The Morgan fingerprint density at radius 2 is 1.59 bits per heavy atom. The standard InChI is InChI=1S/C22H27ClN2O2/c1-17(2)25(15-20-7-5-4-6-8-20)22(27)16-24(18(3)26)14-13-19-9-11-21(23)12-10-19/h4-12,17H,13-16H2,1-3H3. The van der Waals surface area contributed by atoms with E-state index in [4.69, 9.17) is 11.6 Å². The van der Waals surface area contributed by atoms with Crippen LogP contribution in [0.25, 0.3) is 0 Å². The summed E-state index contributed by atoms with van der Waals surface area (Å²) in [6.07, 6.45) is 0.685. The van der Waals surface area contributed by atoms with Crippen LogP contribution >= 0.6 is 11.6 Å². The molecule has 0 aliphatic rings. The van der Waals surface area contributed by atoms with Crippen molar-refractivity contribution in [1.82, 2.24) is 9.80 Å². The van der Waals surface area contributed by atoms with Crippen LogP contribution in [0.2, 0.25) is 5.02 Å². The van der Waals surface area contributed by atoms with Crippen LogP contribution in [0.3, 0.4) is 0 Å². The van der Waals surface area contributed by atoms with Gasteiger partial charge in [-0.2, -0.15) is 0 Å². The highest BCUT2D eigenvalue weighted by Gasteiger charge is 2.21. The SMILES string of the molecule is CC(=O)N(CCc1ccc(Cl)cc1)CC(=O)N(Cc1ccccc1)C(C)C. The molecule has 5 heteroatoms. The van der Waals surface area contributed by atoms with Gasteiger partial charge < -0.3 is 9.80 Å². The molecule has 4 nitrogen and oxygen atoms in total. The van der Waals surface area contributed by atoms with E-state index in [2.05, 4.69) is 0 Å². The maximum atomic E-state index is 12.9. The van der Waals surface area contributed by atoms with E-state index in [9.17, 15) is 9.59 Å². The summed E-state index contributed by atoms with van der Waals surface area (Å²) in [6.45, 7) is 6.62. The molecule has 0 fully saturated rings. The van der Waals surface area contributed by atoms with Gasteiger partial charge in [0.2, 0.25) is 11.8 Å². The maximum Gasteiger partial charge on any atom is 0.242 e. The summed E-state index contributed by atoms with van der Waals surface area (Å²) in [5.41, 5.74) is 2.16. The number of hydrogen-bond acceptors (Lipinski definition) is 2. The molecule has 0 aromatic heterocycles. The Morgan fingerprint density at radius 3 is 2.15 bits per heavy atom. The van der Waals surface area contributed by atoms with Crippen LogP contribution in [0.5, 0.6) is 0 Å². The van der Waals surface area contributed by atoms with E-state index in [0.717, 1.165) is 11.1 Å². The maximum absolute atomic E-state index is 12.9. The zero-order valence-corrected chi connectivity index (χ0v) is 16.9. The molecule has 0 unspecified atom stereocenters. The fourth-order valence-electron chi connectivity index (χ4n) is 2.86. The average Bonchev–Trinajstić information content (AvgIpc) is 2.64. The number of rotatable bonds is 8. The molecule has 0 bridgehead atoms. The average molecular weight is 387 g/mol. The normalized spacial score (nSPS) is 10.7. The minimum atomic E-state index is -0.0965. The van der Waals surface area contributed by atoms with Crippen molar-refractivity contribution in [2.75, 3.05) is 13.1 Å². The van der Waals surface area contributed by atoms with Gasteiger partial charge in [-0.05, 0) is 43.5 Å². The van der Waals surface area contributed by atoms with Gasteiger partial charge in [0.1, 0.15) is 0 Å². The Bertz CT molecular complexity index is 745. The predicted octanol–water partition coefficient (Wildman–Crippen LogP) is 4.17. The van der Waals surface area contributed by atoms with Crippen LogP contribution in [-0.4, -0.2) is 40.7 Å². The number of amides is 2. The van der Waals surface area contributed by atoms with Crippen LogP contribution in [0, 0.1) is 0 Å². The summed E-state index contributed by atoms with van der Waals surface area (Å²) in [4.78, 5) is 28.3. The lowest BCUT2D eigenvalue weighted by Crippen LogP contribution is -2.45. The molecule has 2 aromatic carbocycles. The third-order valence-corrected chi connectivity index (χ3v) is 4.75. The molecule has 0 aliphatic carbocycles. The van der Waals surface area contributed by atoms with E-state index in [0.29, 0.717) is 24.5 Å². The topological polar surface area (TPSA) is 40.6 Å². The highest BCUT2D eigenvalue weighted by Crippen LogP contribution is 2.12. The minimum absolute atomic E-state index is 0.0415. The lowest BCUT2D eigenvalue weighted by molar-refractivity contribution is -0.141. The molecule has 2 rings (SSSR count). The minimum Gasteiger partial charge on any atom is -0.334 e. The molecular formula is C22H27ClN2O2. The Kier molecular flexibility index (Phi) is 7.86. The van der Waals surface area contributed by atoms with E-state index in [-0.39, 0.29) is 24.4 Å². The molecule has 0 aliphatic heterocycles. The van der Waals surface area contributed by atoms with Crippen molar-refractivity contribution < 1.29 is 9.59 Å². The van der Waals surface area contributed by atoms with Gasteiger partial charge >= 0.3 is 0 Å². The first-order chi connectivity index (χ1) is 12.9. The van der Waals surface area contributed by atoms with Crippen LogP contribution in [-0.2, 0) is 22.6 Å². The number of hydrogen-bond donors (Lipinski definition) is 0. The second-order valence-corrected chi connectivity index (χ2v) is 7.35. The van der Waals surface area contributed by atoms with Crippen LogP contribution in [0.15, 0.2) is 54.6 Å². The fourth-order valence-corrected chi connectivity index (χ4v) is 2.98. The van der Waals surface area contributed by atoms with E-state index in [1.54, 1.807) is 4.90 Å². The summed E-state index contributed by atoms with van der Waals surface area (Å²) in [6, 6.07) is 17.5. The third-order valence-electron chi connectivity index (χ3n) is 4.49. The predicted molar refractivity (Wildman–Crippen MR) is 110 cm³/mol. The van der Waals surface area contributed by atoms with Crippen molar-refractivity contribution in [3.63, 3.8) is 0 Å². The molecule has 27 heavy (non-hydrogen) atoms. The van der Waals surface area contributed by atoms with Crippen LogP contribution in [0.4, 0.5) is 0 Å². The van der Waals surface area contributed by atoms with Crippen molar-refractivity contribution in [2.24, 2.45) is 0 Å². The number of carbonyl (C=O) groups excluding carboxylic acids is 2. The summed E-state index contributed by atoms with van der Waals surface area (Å²) in [7, 11) is 0. The second kappa shape index (κ2) is 10.1. The highest BCUT2D eigenvalue weighted by atomic mass is 35.5. The first kappa shape index (κ1) is 21.0. The zero-order valence-electron chi connectivity index (χ0n) is 16.2. The van der Waals surface area contributed by atoms with Gasteiger partial charge in [0, 0.05) is 31.1 Å². The smallest absolute Gasteiger partial charge is 0.242 e. The summed E-state index contributed by atoms with van der Waals surface area (Å²) in [5.74, 6) is -0.138. The van der Waals surface area contributed by atoms with Crippen LogP contribution in [0.1, 0.15) is 31.9 Å². The number of nitrogens with zero attached hydrogens (tertiary/aromatic N) is 2. The highest BCUT2D eigenvalue weighted by molar-refractivity contribution is 6.30. The first-order valence-electron chi connectivity index (χ1n) is 9.20. The van der Waals surface area contributed by atoms with Crippen molar-refractivity contribution in [2.45, 2.75) is 39.8 Å². The Morgan fingerprint density at radius 1 is 0.963 bits per heavy atom. The fraction of sp³-hybridized carbons (Fsp3) is 0.364. The summed E-state index contributed by atoms with van der Waals surface area (Å²) < 4.78 is 0. The van der Waals surface area contributed by atoms with Gasteiger partial charge in [0.05, 0.1) is 6.54 Å². The Hall–Kier alpha value is -2.33. The number of carbonyl (C=O) groups is 2. The molecule has 0 spiro atoms. The van der Waals surface area contributed by atoms with Crippen LogP contribution < -0.4 is 0 Å². The molecule has 2 aromatic rings. The Labute approximate surface area is 166 Å². The summed E-state index contributed by atoms with van der Waals surface area (Å²) >= 11 is 5.91. The van der Waals surface area contributed by atoms with Gasteiger partial charge in [-0.3, -0.25) is 9.59 Å². The molecule has 0 atom stereocenters. The molecule has 0 N–H and O–H groups in total. The van der Waals surface area contributed by atoms with E-state index in [1.165, 1.54) is 6.92 Å². The van der Waals surface area contributed by atoms with Crippen molar-refractivity contribution in [3.8, 4) is 0 Å².